The highest BCUT2D eigenvalue weighted by Crippen LogP contribution is 1.99. The van der Waals surface area contributed by atoms with Crippen LogP contribution in [0, 0.1) is 0 Å². The van der Waals surface area contributed by atoms with Crippen LogP contribution in [-0.4, -0.2) is 44.4 Å². The molecule has 0 aromatic carbocycles. The summed E-state index contributed by atoms with van der Waals surface area (Å²) in [5.41, 5.74) is 0. The Kier molecular flexibility index (Phi) is 4.94. The molecule has 1 unspecified atom stereocenters. The molecule has 4 nitrogen and oxygen atoms in total. The van der Waals surface area contributed by atoms with Crippen molar-refractivity contribution in [3.05, 3.63) is 12.2 Å². The summed E-state index contributed by atoms with van der Waals surface area (Å²) in [5, 5.41) is 8.51. The van der Waals surface area contributed by atoms with Crippen molar-refractivity contribution >= 4 is 0 Å². The lowest BCUT2D eigenvalue weighted by Gasteiger charge is -2.15. The van der Waals surface area contributed by atoms with Crippen LogP contribution >= 0.6 is 0 Å². The van der Waals surface area contributed by atoms with Crippen LogP contribution in [0.5, 0.6) is 0 Å². The molecule has 1 aliphatic heterocycles. The topological polar surface area (TPSA) is 47.9 Å². The highest BCUT2D eigenvalue weighted by Gasteiger charge is 2.06. The Labute approximate surface area is 71.7 Å². The maximum Gasteiger partial charge on any atom is 0.147 e. The van der Waals surface area contributed by atoms with Gasteiger partial charge in [0.1, 0.15) is 6.79 Å². The molecule has 0 saturated heterocycles. The van der Waals surface area contributed by atoms with E-state index in [-0.39, 0.29) is 12.7 Å². The average Bonchev–Trinajstić information content (AvgIpc) is 2.02. The quantitative estimate of drug-likeness (QED) is 0.608. The van der Waals surface area contributed by atoms with Crippen LogP contribution in [0.15, 0.2) is 12.2 Å². The van der Waals surface area contributed by atoms with Gasteiger partial charge in [0.05, 0.1) is 32.5 Å². The monoisotopic (exact) mass is 174 g/mol. The molecule has 0 aromatic heterocycles. The lowest BCUT2D eigenvalue weighted by molar-refractivity contribution is -0.0838. The van der Waals surface area contributed by atoms with Gasteiger partial charge in [0.15, 0.2) is 0 Å². The summed E-state index contributed by atoms with van der Waals surface area (Å²) >= 11 is 0. The molecule has 0 amide bonds. The van der Waals surface area contributed by atoms with Crippen molar-refractivity contribution in [1.29, 1.82) is 0 Å². The predicted molar refractivity (Wildman–Crippen MR) is 42.7 cm³/mol. The average molecular weight is 174 g/mol. The number of hydrogen-bond acceptors (Lipinski definition) is 4. The van der Waals surface area contributed by atoms with Crippen molar-refractivity contribution in [2.75, 3.05) is 33.2 Å². The van der Waals surface area contributed by atoms with Crippen molar-refractivity contribution in [1.82, 2.24) is 0 Å². The van der Waals surface area contributed by atoms with E-state index in [0.717, 1.165) is 0 Å². The van der Waals surface area contributed by atoms with Crippen LogP contribution in [0.2, 0.25) is 0 Å². The van der Waals surface area contributed by atoms with Crippen molar-refractivity contribution in [3.63, 3.8) is 0 Å². The van der Waals surface area contributed by atoms with E-state index in [1.165, 1.54) is 0 Å². The van der Waals surface area contributed by atoms with Gasteiger partial charge in [-0.2, -0.15) is 0 Å². The Morgan fingerprint density at radius 1 is 1.50 bits per heavy atom. The standard InChI is InChI=1S/C8H14O4/c9-3-5-12-8-2-1-4-10-7-11-6-8/h1-2,8-9H,3-7H2/b2-1-. The molecule has 0 bridgehead atoms. The number of hydrogen-bond donors (Lipinski definition) is 1. The maximum atomic E-state index is 8.51. The van der Waals surface area contributed by atoms with Gasteiger partial charge in [-0.25, -0.2) is 0 Å². The summed E-state index contributed by atoms with van der Waals surface area (Å²) in [7, 11) is 0. The molecule has 0 saturated carbocycles. The molecule has 1 heterocycles. The minimum atomic E-state index is -0.0546. The van der Waals surface area contributed by atoms with Crippen LogP contribution < -0.4 is 0 Å². The number of aliphatic hydroxyl groups is 1. The summed E-state index contributed by atoms with van der Waals surface area (Å²) in [6, 6.07) is 0. The molecule has 12 heavy (non-hydrogen) atoms. The summed E-state index contributed by atoms with van der Waals surface area (Å²) < 4.78 is 15.4. The lowest BCUT2D eigenvalue weighted by atomic mass is 10.3. The first-order chi connectivity index (χ1) is 5.93. The summed E-state index contributed by atoms with van der Waals surface area (Å²) in [6.45, 7) is 1.73. The third-order valence-electron chi connectivity index (χ3n) is 1.44. The van der Waals surface area contributed by atoms with E-state index in [9.17, 15) is 0 Å². The van der Waals surface area contributed by atoms with Crippen LogP contribution in [0.1, 0.15) is 0 Å². The second kappa shape index (κ2) is 6.14. The highest BCUT2D eigenvalue weighted by molar-refractivity contribution is 4.90. The predicted octanol–water partition coefficient (Wildman–Crippen LogP) is -0.0756. The summed E-state index contributed by atoms with van der Waals surface area (Å²) in [6.07, 6.45) is 3.72. The molecule has 1 rings (SSSR count). The Bertz CT molecular complexity index is 135. The van der Waals surface area contributed by atoms with Crippen LogP contribution in [0.25, 0.3) is 0 Å². The zero-order valence-electron chi connectivity index (χ0n) is 6.94. The molecule has 1 atom stereocenters. The normalized spacial score (nSPS) is 27.6. The van der Waals surface area contributed by atoms with Gasteiger partial charge in [0, 0.05) is 0 Å². The smallest absolute Gasteiger partial charge is 0.147 e. The first kappa shape index (κ1) is 9.67. The molecule has 0 aromatic rings. The van der Waals surface area contributed by atoms with E-state index in [1.54, 1.807) is 0 Å². The Morgan fingerprint density at radius 2 is 2.42 bits per heavy atom. The van der Waals surface area contributed by atoms with Gasteiger partial charge >= 0.3 is 0 Å². The second-order valence-electron chi connectivity index (χ2n) is 2.42. The Balaban J connectivity index is 2.23. The van der Waals surface area contributed by atoms with E-state index >= 15 is 0 Å². The Hall–Kier alpha value is -0.420. The van der Waals surface area contributed by atoms with E-state index < -0.39 is 0 Å². The van der Waals surface area contributed by atoms with Crippen molar-refractivity contribution < 1.29 is 19.3 Å². The molecule has 70 valence electrons. The fourth-order valence-electron chi connectivity index (χ4n) is 0.910. The number of ether oxygens (including phenoxy) is 3. The minimum Gasteiger partial charge on any atom is -0.394 e. The van der Waals surface area contributed by atoms with Crippen molar-refractivity contribution in [3.8, 4) is 0 Å². The zero-order valence-corrected chi connectivity index (χ0v) is 6.94. The SMILES string of the molecule is OCCOC1/C=C\COCOC1. The summed E-state index contributed by atoms with van der Waals surface area (Å²) in [5.74, 6) is 0. The van der Waals surface area contributed by atoms with Crippen LogP contribution in [0.3, 0.4) is 0 Å². The first-order valence-corrected chi connectivity index (χ1v) is 3.98. The van der Waals surface area contributed by atoms with Gasteiger partial charge in [-0.1, -0.05) is 12.2 Å². The first-order valence-electron chi connectivity index (χ1n) is 3.98. The fourth-order valence-corrected chi connectivity index (χ4v) is 0.910. The van der Waals surface area contributed by atoms with Gasteiger partial charge in [-0.15, -0.1) is 0 Å². The molecule has 0 aliphatic carbocycles. The van der Waals surface area contributed by atoms with Gasteiger partial charge < -0.3 is 19.3 Å². The zero-order chi connectivity index (χ0) is 8.65. The molecule has 4 heteroatoms. The van der Waals surface area contributed by atoms with Crippen LogP contribution in [0.4, 0.5) is 0 Å². The van der Waals surface area contributed by atoms with Crippen molar-refractivity contribution in [2.45, 2.75) is 6.10 Å². The molecule has 0 radical (unpaired) electrons. The number of rotatable bonds is 3. The second-order valence-corrected chi connectivity index (χ2v) is 2.42. The minimum absolute atomic E-state index is 0.0425. The van der Waals surface area contributed by atoms with E-state index in [0.29, 0.717) is 26.6 Å². The van der Waals surface area contributed by atoms with Gasteiger partial charge in [0.25, 0.3) is 0 Å². The van der Waals surface area contributed by atoms with E-state index in [4.69, 9.17) is 19.3 Å². The molecule has 0 fully saturated rings. The Morgan fingerprint density at radius 3 is 3.25 bits per heavy atom. The fraction of sp³-hybridized carbons (Fsp3) is 0.750. The van der Waals surface area contributed by atoms with E-state index in [1.807, 2.05) is 12.2 Å². The van der Waals surface area contributed by atoms with Gasteiger partial charge in [-0.05, 0) is 0 Å². The highest BCUT2D eigenvalue weighted by atomic mass is 16.7. The maximum absolute atomic E-state index is 8.51. The third-order valence-corrected chi connectivity index (χ3v) is 1.44. The molecule has 1 aliphatic rings. The number of aliphatic hydroxyl groups excluding tert-OH is 1. The lowest BCUT2D eigenvalue weighted by Crippen LogP contribution is -2.22. The van der Waals surface area contributed by atoms with E-state index in [2.05, 4.69) is 0 Å². The third kappa shape index (κ3) is 3.82. The van der Waals surface area contributed by atoms with Crippen LogP contribution in [-0.2, 0) is 14.2 Å². The summed E-state index contributed by atoms with van der Waals surface area (Å²) in [4.78, 5) is 0. The molecular weight excluding hydrogens is 160 g/mol. The van der Waals surface area contributed by atoms with Crippen molar-refractivity contribution in [2.24, 2.45) is 0 Å². The molecule has 1 N–H and O–H groups in total. The molecule has 0 spiro atoms. The molecular formula is C8H14O4. The van der Waals surface area contributed by atoms with Gasteiger partial charge in [-0.3, -0.25) is 0 Å². The van der Waals surface area contributed by atoms with Gasteiger partial charge in [0.2, 0.25) is 0 Å². The largest absolute Gasteiger partial charge is 0.394 e.